The van der Waals surface area contributed by atoms with Crippen molar-refractivity contribution in [1.29, 1.82) is 0 Å². The first-order valence-corrected chi connectivity index (χ1v) is 3.01. The van der Waals surface area contributed by atoms with E-state index in [9.17, 15) is 15.0 Å². The molecule has 5 nitrogen and oxygen atoms in total. The van der Waals surface area contributed by atoms with Crippen molar-refractivity contribution in [3.05, 3.63) is 0 Å². The van der Waals surface area contributed by atoms with E-state index < -0.39 is 23.2 Å². The normalized spacial score (nSPS) is 19.1. The summed E-state index contributed by atoms with van der Waals surface area (Å²) in [6.45, 7) is 2.77. The fraction of sp³-hybridized carbons (Fsp3) is 0.500. The Bertz CT molecular complexity index is 273. The Kier molecular flexibility index (Phi) is 6.77. The summed E-state index contributed by atoms with van der Waals surface area (Å²) in [7, 11) is 0. The molecule has 1 aliphatic rings. The van der Waals surface area contributed by atoms with Crippen molar-refractivity contribution in [1.82, 2.24) is 0 Å². The van der Waals surface area contributed by atoms with Crippen molar-refractivity contribution in [2.75, 3.05) is 0 Å². The van der Waals surface area contributed by atoms with E-state index in [1.165, 1.54) is 13.8 Å². The van der Waals surface area contributed by atoms with Crippen LogP contribution in [0.2, 0.25) is 0 Å². The molecule has 0 saturated heterocycles. The maximum atomic E-state index is 10.9. The van der Waals surface area contributed by atoms with E-state index in [2.05, 4.69) is 9.98 Å². The van der Waals surface area contributed by atoms with Crippen LogP contribution in [0.25, 0.3) is 0 Å². The maximum Gasteiger partial charge on any atom is 1.00 e. The van der Waals surface area contributed by atoms with Crippen molar-refractivity contribution < 1.29 is 74.1 Å². The number of hydrogen-bond donors (Lipinski definition) is 0. The molecular formula is C6H6N2Na2O3. The van der Waals surface area contributed by atoms with Crippen molar-refractivity contribution in [3.63, 3.8) is 0 Å². The van der Waals surface area contributed by atoms with E-state index in [4.69, 9.17) is 0 Å². The number of hydrogen-bond acceptors (Lipinski definition) is 4. The van der Waals surface area contributed by atoms with E-state index in [0.29, 0.717) is 0 Å². The topological polar surface area (TPSA) is 87.9 Å². The minimum absolute atomic E-state index is 0. The van der Waals surface area contributed by atoms with Gasteiger partial charge in [-0.3, -0.25) is 9.79 Å². The van der Waals surface area contributed by atoms with Gasteiger partial charge in [0.15, 0.2) is 0 Å². The second kappa shape index (κ2) is 5.48. The third kappa shape index (κ3) is 3.34. The van der Waals surface area contributed by atoms with Crippen LogP contribution < -0.4 is 69.3 Å². The second-order valence-corrected chi connectivity index (χ2v) is 2.74. The standard InChI is InChI=1S/C6H8N2O3.2Na/c1-6(2)3(9)7-5(11)8-4(6)10;;/h1-2H3,(H2,7,8,9,10,11);;/q;2*+1/p-2. The molecule has 0 aromatic rings. The largest absolute Gasteiger partial charge is 1.00 e. The summed E-state index contributed by atoms with van der Waals surface area (Å²) in [6.07, 6.45) is 0. The summed E-state index contributed by atoms with van der Waals surface area (Å²) in [5, 5.41) is 21.3. The number of amidine groups is 1. The van der Waals surface area contributed by atoms with Gasteiger partial charge in [0, 0.05) is 0 Å². The number of nitrogens with zero attached hydrogens (tertiary/aromatic N) is 2. The van der Waals surface area contributed by atoms with Gasteiger partial charge in [-0.25, -0.2) is 4.99 Å². The predicted octanol–water partition coefficient (Wildman–Crippen LogP) is -7.96. The third-order valence-corrected chi connectivity index (χ3v) is 1.46. The molecule has 1 aliphatic heterocycles. The number of carbonyl (C=O) groups is 1. The molecule has 0 aromatic heterocycles. The number of carbonyl (C=O) groups excluding carboxylic acids is 1. The van der Waals surface area contributed by atoms with Crippen LogP contribution in [0.1, 0.15) is 13.8 Å². The van der Waals surface area contributed by atoms with Crippen molar-refractivity contribution in [2.45, 2.75) is 13.8 Å². The van der Waals surface area contributed by atoms with Gasteiger partial charge in [-0.15, -0.1) is 0 Å². The average molecular weight is 200 g/mol. The molecule has 13 heavy (non-hydrogen) atoms. The number of rotatable bonds is 0. The first kappa shape index (κ1) is 16.1. The van der Waals surface area contributed by atoms with Crippen molar-refractivity contribution in [3.8, 4) is 0 Å². The quantitative estimate of drug-likeness (QED) is 0.364. The molecular weight excluding hydrogens is 194 g/mol. The van der Waals surface area contributed by atoms with Crippen LogP contribution in [0, 0.1) is 5.41 Å². The van der Waals surface area contributed by atoms with Gasteiger partial charge in [0.05, 0.1) is 11.4 Å². The van der Waals surface area contributed by atoms with E-state index in [-0.39, 0.29) is 59.1 Å². The van der Waals surface area contributed by atoms with Crippen LogP contribution in [0.3, 0.4) is 0 Å². The molecule has 1 amide bonds. The summed E-state index contributed by atoms with van der Waals surface area (Å²) in [5.41, 5.74) is -1.26. The van der Waals surface area contributed by atoms with Crippen LogP contribution >= 0.6 is 0 Å². The van der Waals surface area contributed by atoms with E-state index in [1.807, 2.05) is 0 Å². The molecule has 0 spiro atoms. The predicted molar refractivity (Wildman–Crippen MR) is 33.7 cm³/mol. The number of amides is 1. The molecule has 7 heteroatoms. The van der Waals surface area contributed by atoms with Gasteiger partial charge in [-0.2, -0.15) is 0 Å². The van der Waals surface area contributed by atoms with Crippen LogP contribution in [0.4, 0.5) is 0 Å². The summed E-state index contributed by atoms with van der Waals surface area (Å²) in [4.78, 5) is 16.9. The van der Waals surface area contributed by atoms with Crippen LogP contribution in [-0.2, 0) is 4.79 Å². The molecule has 0 fully saturated rings. The summed E-state index contributed by atoms with van der Waals surface area (Å²) in [5.74, 6) is -1.44. The molecule has 0 radical (unpaired) electrons. The Labute approximate surface area is 120 Å². The molecule has 0 aromatic carbocycles. The van der Waals surface area contributed by atoms with Gasteiger partial charge in [-0.1, -0.05) is 0 Å². The zero-order valence-corrected chi connectivity index (χ0v) is 12.1. The van der Waals surface area contributed by atoms with Crippen molar-refractivity contribution in [2.24, 2.45) is 15.4 Å². The Morgan fingerprint density at radius 1 is 1.15 bits per heavy atom. The minimum Gasteiger partial charge on any atom is -0.861 e. The smallest absolute Gasteiger partial charge is 0.861 e. The zero-order chi connectivity index (χ0) is 8.65. The third-order valence-electron chi connectivity index (χ3n) is 1.46. The molecule has 0 N–H and O–H groups in total. The monoisotopic (exact) mass is 200 g/mol. The van der Waals surface area contributed by atoms with Gasteiger partial charge >= 0.3 is 59.1 Å². The molecule has 0 atom stereocenters. The Morgan fingerprint density at radius 3 is 2.00 bits per heavy atom. The Balaban J connectivity index is 0. The first-order valence-electron chi connectivity index (χ1n) is 3.01. The molecule has 0 aliphatic carbocycles. The fourth-order valence-electron chi connectivity index (χ4n) is 0.570. The molecule has 0 bridgehead atoms. The van der Waals surface area contributed by atoms with E-state index >= 15 is 0 Å². The Hall–Kier alpha value is 0.610. The van der Waals surface area contributed by atoms with E-state index in [0.717, 1.165) is 0 Å². The van der Waals surface area contributed by atoms with Gasteiger partial charge in [0.2, 0.25) is 0 Å². The van der Waals surface area contributed by atoms with Gasteiger partial charge in [-0.05, 0) is 19.7 Å². The minimum atomic E-state index is -1.26. The molecule has 0 unspecified atom stereocenters. The second-order valence-electron chi connectivity index (χ2n) is 2.74. The first-order chi connectivity index (χ1) is 4.94. The summed E-state index contributed by atoms with van der Waals surface area (Å²) < 4.78 is 0. The van der Waals surface area contributed by atoms with Crippen LogP contribution in [0.15, 0.2) is 9.98 Å². The van der Waals surface area contributed by atoms with Crippen molar-refractivity contribution >= 4 is 17.8 Å². The molecule has 60 valence electrons. The molecule has 0 saturated carbocycles. The zero-order valence-electron chi connectivity index (χ0n) is 8.12. The summed E-state index contributed by atoms with van der Waals surface area (Å²) in [6, 6.07) is -1.00. The van der Waals surface area contributed by atoms with Crippen LogP contribution in [-0.4, -0.2) is 17.8 Å². The van der Waals surface area contributed by atoms with Crippen LogP contribution in [0.5, 0.6) is 0 Å². The number of aliphatic imine (C=N–C) groups is 2. The SMILES string of the molecule is CC1(C)C(=O)N=C([O-])N=C1[O-].[Na+].[Na+]. The summed E-state index contributed by atoms with van der Waals surface area (Å²) >= 11 is 0. The molecule has 1 rings (SSSR count). The fourth-order valence-corrected chi connectivity index (χ4v) is 0.570. The maximum absolute atomic E-state index is 10.9. The van der Waals surface area contributed by atoms with E-state index in [1.54, 1.807) is 0 Å². The Morgan fingerprint density at radius 2 is 1.62 bits per heavy atom. The van der Waals surface area contributed by atoms with Gasteiger partial charge in [0.25, 0.3) is 5.91 Å². The van der Waals surface area contributed by atoms with Gasteiger partial charge in [0.1, 0.15) is 0 Å². The average Bonchev–Trinajstić information content (AvgIpc) is 1.84. The van der Waals surface area contributed by atoms with Gasteiger partial charge < -0.3 is 10.2 Å². The molecule has 1 heterocycles.